The lowest BCUT2D eigenvalue weighted by molar-refractivity contribution is 0.0740. The van der Waals surface area contributed by atoms with Gasteiger partial charge in [-0.2, -0.15) is 0 Å². The number of carbonyl (C=O) groups excluding carboxylic acids is 1. The van der Waals surface area contributed by atoms with Crippen molar-refractivity contribution < 1.29 is 9.21 Å². The highest BCUT2D eigenvalue weighted by Crippen LogP contribution is 2.32. The van der Waals surface area contributed by atoms with Crippen LogP contribution in [0.1, 0.15) is 39.5 Å². The summed E-state index contributed by atoms with van der Waals surface area (Å²) in [5, 5.41) is 0.776. The molecule has 1 amide bonds. The number of hydrogen-bond acceptors (Lipinski definition) is 4. The third-order valence-corrected chi connectivity index (χ3v) is 6.05. The maximum absolute atomic E-state index is 13.2. The molecular weight excluding hydrogens is 344 g/mol. The molecule has 0 saturated carbocycles. The Balaban J connectivity index is 1.56. The average molecular weight is 366 g/mol. The summed E-state index contributed by atoms with van der Waals surface area (Å²) in [5.41, 5.74) is 2.07. The van der Waals surface area contributed by atoms with Crippen LogP contribution in [0.3, 0.4) is 0 Å². The normalized spacial score (nSPS) is 17.0. The SMILES string of the molecule is Cc1ccc(-c2nc(C)c(C(=O)N3CCC[C@@H]3Cc3ccccc3)s2)o1. The molecule has 3 heterocycles. The van der Waals surface area contributed by atoms with Gasteiger partial charge in [0.15, 0.2) is 10.8 Å². The fourth-order valence-corrected chi connectivity index (χ4v) is 4.57. The summed E-state index contributed by atoms with van der Waals surface area (Å²) in [6, 6.07) is 14.5. The summed E-state index contributed by atoms with van der Waals surface area (Å²) < 4.78 is 5.67. The largest absolute Gasteiger partial charge is 0.459 e. The third-order valence-electron chi connectivity index (χ3n) is 4.89. The number of nitrogens with zero attached hydrogens (tertiary/aromatic N) is 2. The van der Waals surface area contributed by atoms with Crippen LogP contribution in [-0.4, -0.2) is 28.4 Å². The summed E-state index contributed by atoms with van der Waals surface area (Å²) in [6.07, 6.45) is 3.03. The molecule has 0 radical (unpaired) electrons. The van der Waals surface area contributed by atoms with Gasteiger partial charge in [-0.25, -0.2) is 4.98 Å². The number of aromatic nitrogens is 1. The number of furan rings is 1. The Kier molecular flexibility index (Phi) is 4.64. The summed E-state index contributed by atoms with van der Waals surface area (Å²) in [4.78, 5) is 20.5. The van der Waals surface area contributed by atoms with Gasteiger partial charge in [-0.15, -0.1) is 11.3 Å². The van der Waals surface area contributed by atoms with Crippen LogP contribution in [0.25, 0.3) is 10.8 Å². The second kappa shape index (κ2) is 7.08. The minimum absolute atomic E-state index is 0.105. The van der Waals surface area contributed by atoms with Crippen LogP contribution in [0.2, 0.25) is 0 Å². The van der Waals surface area contributed by atoms with Crippen molar-refractivity contribution in [1.82, 2.24) is 9.88 Å². The maximum atomic E-state index is 13.2. The molecule has 5 heteroatoms. The van der Waals surface area contributed by atoms with Gasteiger partial charge in [-0.05, 0) is 50.8 Å². The Morgan fingerprint density at radius 2 is 2.04 bits per heavy atom. The zero-order valence-corrected chi connectivity index (χ0v) is 15.9. The molecule has 26 heavy (non-hydrogen) atoms. The molecule has 0 bridgehead atoms. The van der Waals surface area contributed by atoms with Crippen LogP contribution in [0.15, 0.2) is 46.9 Å². The van der Waals surface area contributed by atoms with Crippen molar-refractivity contribution in [2.45, 2.75) is 39.2 Å². The molecule has 1 aliphatic heterocycles. The van der Waals surface area contributed by atoms with Gasteiger partial charge in [0.05, 0.1) is 5.69 Å². The molecule has 1 fully saturated rings. The number of carbonyl (C=O) groups is 1. The van der Waals surface area contributed by atoms with E-state index < -0.39 is 0 Å². The summed E-state index contributed by atoms with van der Waals surface area (Å²) in [5.74, 6) is 1.69. The molecule has 1 aromatic carbocycles. The molecule has 0 unspecified atom stereocenters. The predicted molar refractivity (Wildman–Crippen MR) is 103 cm³/mol. The molecule has 3 aromatic rings. The van der Waals surface area contributed by atoms with E-state index in [1.54, 1.807) is 0 Å². The van der Waals surface area contributed by atoms with Crippen molar-refractivity contribution in [3.63, 3.8) is 0 Å². The molecule has 4 nitrogen and oxygen atoms in total. The fraction of sp³-hybridized carbons (Fsp3) is 0.333. The Hall–Kier alpha value is -2.40. The van der Waals surface area contributed by atoms with E-state index in [2.05, 4.69) is 29.2 Å². The van der Waals surface area contributed by atoms with Gasteiger partial charge in [0.25, 0.3) is 5.91 Å². The minimum Gasteiger partial charge on any atom is -0.459 e. The van der Waals surface area contributed by atoms with E-state index in [-0.39, 0.29) is 11.9 Å². The topological polar surface area (TPSA) is 46.3 Å². The lowest BCUT2D eigenvalue weighted by Gasteiger charge is -2.24. The number of benzene rings is 1. The van der Waals surface area contributed by atoms with Gasteiger partial charge in [0, 0.05) is 12.6 Å². The first kappa shape index (κ1) is 17.0. The van der Waals surface area contributed by atoms with Crippen LogP contribution < -0.4 is 0 Å². The summed E-state index contributed by atoms with van der Waals surface area (Å²) in [6.45, 7) is 4.64. The Bertz CT molecular complexity index is 913. The quantitative estimate of drug-likeness (QED) is 0.662. The number of aryl methyl sites for hydroxylation is 2. The maximum Gasteiger partial charge on any atom is 0.266 e. The van der Waals surface area contributed by atoms with Gasteiger partial charge in [-0.1, -0.05) is 30.3 Å². The average Bonchev–Trinajstić information content (AvgIpc) is 3.35. The first-order chi connectivity index (χ1) is 12.6. The fourth-order valence-electron chi connectivity index (χ4n) is 3.58. The Morgan fingerprint density at radius 3 is 2.77 bits per heavy atom. The molecule has 0 spiro atoms. The number of amides is 1. The van der Waals surface area contributed by atoms with Crippen molar-refractivity contribution in [3.05, 3.63) is 64.4 Å². The highest BCUT2D eigenvalue weighted by Gasteiger charge is 2.31. The van der Waals surface area contributed by atoms with Crippen LogP contribution in [0, 0.1) is 13.8 Å². The van der Waals surface area contributed by atoms with E-state index >= 15 is 0 Å². The van der Waals surface area contributed by atoms with Crippen LogP contribution >= 0.6 is 11.3 Å². The lowest BCUT2D eigenvalue weighted by Crippen LogP contribution is -2.36. The molecular formula is C21H22N2O2S. The zero-order valence-electron chi connectivity index (χ0n) is 15.1. The van der Waals surface area contributed by atoms with Crippen LogP contribution in [-0.2, 0) is 6.42 Å². The predicted octanol–water partition coefficient (Wildman–Crippen LogP) is 4.87. The monoisotopic (exact) mass is 366 g/mol. The molecule has 134 valence electrons. The number of likely N-dealkylation sites (tertiary alicyclic amines) is 1. The van der Waals surface area contributed by atoms with Crippen molar-refractivity contribution in [3.8, 4) is 10.8 Å². The first-order valence-corrected chi connectivity index (χ1v) is 9.82. The van der Waals surface area contributed by atoms with Gasteiger partial charge < -0.3 is 9.32 Å². The van der Waals surface area contributed by atoms with E-state index in [1.807, 2.05) is 36.9 Å². The third kappa shape index (κ3) is 3.31. The van der Waals surface area contributed by atoms with E-state index in [0.717, 1.165) is 52.9 Å². The molecule has 1 aliphatic rings. The van der Waals surface area contributed by atoms with Crippen LogP contribution in [0.4, 0.5) is 0 Å². The second-order valence-electron chi connectivity index (χ2n) is 6.83. The Labute approximate surface area is 157 Å². The Morgan fingerprint density at radius 1 is 1.23 bits per heavy atom. The number of rotatable bonds is 4. The molecule has 4 rings (SSSR count). The van der Waals surface area contributed by atoms with Gasteiger partial charge in [0.2, 0.25) is 0 Å². The van der Waals surface area contributed by atoms with Crippen molar-refractivity contribution >= 4 is 17.2 Å². The van der Waals surface area contributed by atoms with Crippen molar-refractivity contribution in [1.29, 1.82) is 0 Å². The molecule has 2 aromatic heterocycles. The number of thiazole rings is 1. The van der Waals surface area contributed by atoms with Gasteiger partial charge in [0.1, 0.15) is 10.6 Å². The number of hydrogen-bond donors (Lipinski definition) is 0. The lowest BCUT2D eigenvalue weighted by atomic mass is 10.0. The smallest absolute Gasteiger partial charge is 0.266 e. The zero-order chi connectivity index (χ0) is 18.1. The van der Waals surface area contributed by atoms with E-state index in [1.165, 1.54) is 16.9 Å². The first-order valence-electron chi connectivity index (χ1n) is 9.01. The molecule has 1 atom stereocenters. The van der Waals surface area contributed by atoms with E-state index in [4.69, 9.17) is 4.42 Å². The van der Waals surface area contributed by atoms with Gasteiger partial charge in [-0.3, -0.25) is 4.79 Å². The highest BCUT2D eigenvalue weighted by molar-refractivity contribution is 7.17. The molecule has 1 saturated heterocycles. The minimum atomic E-state index is 0.105. The summed E-state index contributed by atoms with van der Waals surface area (Å²) >= 11 is 1.43. The van der Waals surface area contributed by atoms with E-state index in [9.17, 15) is 4.79 Å². The highest BCUT2D eigenvalue weighted by atomic mass is 32.1. The summed E-state index contributed by atoms with van der Waals surface area (Å²) in [7, 11) is 0. The second-order valence-corrected chi connectivity index (χ2v) is 7.83. The van der Waals surface area contributed by atoms with Crippen molar-refractivity contribution in [2.75, 3.05) is 6.54 Å². The molecule has 0 aliphatic carbocycles. The van der Waals surface area contributed by atoms with Crippen LogP contribution in [0.5, 0.6) is 0 Å². The standard InChI is InChI=1S/C21H22N2O2S/c1-14-10-11-18(25-14)20-22-15(2)19(26-20)21(24)23-12-6-9-17(23)13-16-7-4-3-5-8-16/h3-5,7-8,10-11,17H,6,9,12-13H2,1-2H3/t17-/m1/s1. The van der Waals surface area contributed by atoms with Gasteiger partial charge >= 0.3 is 0 Å². The van der Waals surface area contributed by atoms with E-state index in [0.29, 0.717) is 0 Å². The van der Waals surface area contributed by atoms with Crippen molar-refractivity contribution in [2.24, 2.45) is 0 Å². The molecule has 0 N–H and O–H groups in total.